The Morgan fingerprint density at radius 1 is 1.36 bits per heavy atom. The molecule has 0 bridgehead atoms. The standard InChI is InChI=1S/C17H18Cl2N4O2/c1-23(9-10-3-6-14(24)21-10)13-5-4-12(22-17(13)25-2)11-7-8-20-16(19)15(11)18/h4-5,7-8,10H,3,6,9H2,1-2H3,(H,21,24)/t10-/m0/s1. The highest BCUT2D eigenvalue weighted by atomic mass is 35.5. The minimum absolute atomic E-state index is 0.100. The molecule has 0 saturated carbocycles. The van der Waals surface area contributed by atoms with E-state index in [1.807, 2.05) is 24.1 Å². The van der Waals surface area contributed by atoms with Gasteiger partial charge in [-0.1, -0.05) is 23.2 Å². The highest BCUT2D eigenvalue weighted by Crippen LogP contribution is 2.34. The van der Waals surface area contributed by atoms with Crippen LogP contribution in [-0.4, -0.2) is 42.6 Å². The van der Waals surface area contributed by atoms with E-state index < -0.39 is 0 Å². The summed E-state index contributed by atoms with van der Waals surface area (Å²) in [5.74, 6) is 0.580. The van der Waals surface area contributed by atoms with E-state index in [1.165, 1.54) is 0 Å². The number of halogens is 2. The smallest absolute Gasteiger partial charge is 0.237 e. The van der Waals surface area contributed by atoms with Crippen molar-refractivity contribution in [2.75, 3.05) is 25.6 Å². The van der Waals surface area contributed by atoms with E-state index in [0.29, 0.717) is 35.1 Å². The highest BCUT2D eigenvalue weighted by Gasteiger charge is 2.23. The Labute approximate surface area is 156 Å². The van der Waals surface area contributed by atoms with Gasteiger partial charge in [0, 0.05) is 37.8 Å². The molecule has 8 heteroatoms. The van der Waals surface area contributed by atoms with Crippen LogP contribution in [0.5, 0.6) is 5.88 Å². The molecule has 132 valence electrons. The summed E-state index contributed by atoms with van der Waals surface area (Å²) >= 11 is 12.2. The Kier molecular flexibility index (Phi) is 5.30. The normalized spacial score (nSPS) is 16.6. The minimum atomic E-state index is 0.100. The summed E-state index contributed by atoms with van der Waals surface area (Å²) in [7, 11) is 3.52. The van der Waals surface area contributed by atoms with Gasteiger partial charge in [0.25, 0.3) is 0 Å². The number of ether oxygens (including phenoxy) is 1. The number of carbonyl (C=O) groups is 1. The SMILES string of the molecule is COc1nc(-c2ccnc(Cl)c2Cl)ccc1N(C)C[C@@H]1CCC(=O)N1. The number of likely N-dealkylation sites (N-methyl/N-ethyl adjacent to an activating group) is 1. The first-order valence-corrected chi connectivity index (χ1v) is 8.61. The summed E-state index contributed by atoms with van der Waals surface area (Å²) in [5, 5.41) is 3.55. The third-order valence-corrected chi connectivity index (χ3v) is 4.91. The van der Waals surface area contributed by atoms with Crippen molar-refractivity contribution in [2.45, 2.75) is 18.9 Å². The molecule has 1 amide bonds. The number of nitrogens with zero attached hydrogens (tertiary/aromatic N) is 3. The molecule has 6 nitrogen and oxygen atoms in total. The van der Waals surface area contributed by atoms with Gasteiger partial charge in [-0.05, 0) is 24.6 Å². The van der Waals surface area contributed by atoms with Crippen molar-refractivity contribution in [3.63, 3.8) is 0 Å². The van der Waals surface area contributed by atoms with Gasteiger partial charge in [0.05, 0.1) is 23.5 Å². The number of nitrogens with one attached hydrogen (secondary N) is 1. The van der Waals surface area contributed by atoms with Crippen molar-refractivity contribution >= 4 is 34.8 Å². The van der Waals surface area contributed by atoms with Gasteiger partial charge in [0.15, 0.2) is 0 Å². The first-order valence-electron chi connectivity index (χ1n) is 7.85. The predicted octanol–water partition coefficient (Wildman–Crippen LogP) is 3.17. The summed E-state index contributed by atoms with van der Waals surface area (Å²) < 4.78 is 5.45. The lowest BCUT2D eigenvalue weighted by atomic mass is 10.1. The van der Waals surface area contributed by atoms with Crippen LogP contribution in [0.15, 0.2) is 24.4 Å². The van der Waals surface area contributed by atoms with Crippen LogP contribution in [0.3, 0.4) is 0 Å². The van der Waals surface area contributed by atoms with Crippen LogP contribution in [-0.2, 0) is 4.79 Å². The molecule has 3 heterocycles. The third kappa shape index (κ3) is 3.80. The topological polar surface area (TPSA) is 67.4 Å². The summed E-state index contributed by atoms with van der Waals surface area (Å²) in [6.45, 7) is 0.685. The number of methoxy groups -OCH3 is 1. The first kappa shape index (κ1) is 17.8. The van der Waals surface area contributed by atoms with E-state index in [1.54, 1.807) is 19.4 Å². The molecule has 25 heavy (non-hydrogen) atoms. The van der Waals surface area contributed by atoms with Gasteiger partial charge in [-0.25, -0.2) is 9.97 Å². The van der Waals surface area contributed by atoms with Crippen LogP contribution in [0, 0.1) is 0 Å². The van der Waals surface area contributed by atoms with Crippen molar-refractivity contribution in [1.82, 2.24) is 15.3 Å². The van der Waals surface area contributed by atoms with Gasteiger partial charge >= 0.3 is 0 Å². The van der Waals surface area contributed by atoms with Gasteiger partial charge in [0.2, 0.25) is 11.8 Å². The quantitative estimate of drug-likeness (QED) is 0.806. The van der Waals surface area contributed by atoms with Gasteiger partial charge in [0.1, 0.15) is 5.15 Å². The van der Waals surface area contributed by atoms with E-state index in [4.69, 9.17) is 27.9 Å². The molecule has 1 aliphatic rings. The fourth-order valence-corrected chi connectivity index (χ4v) is 3.25. The fourth-order valence-electron chi connectivity index (χ4n) is 2.88. The second-order valence-corrected chi connectivity index (χ2v) is 6.61. The number of amides is 1. The van der Waals surface area contributed by atoms with Crippen LogP contribution >= 0.6 is 23.2 Å². The highest BCUT2D eigenvalue weighted by molar-refractivity contribution is 6.42. The van der Waals surface area contributed by atoms with Crippen LogP contribution < -0.4 is 15.0 Å². The molecule has 0 aromatic carbocycles. The molecular formula is C17H18Cl2N4O2. The van der Waals surface area contributed by atoms with E-state index >= 15 is 0 Å². The van der Waals surface area contributed by atoms with Crippen molar-refractivity contribution in [3.8, 4) is 17.1 Å². The lowest BCUT2D eigenvalue weighted by Crippen LogP contribution is -2.37. The summed E-state index contributed by atoms with van der Waals surface area (Å²) in [6, 6.07) is 5.67. The van der Waals surface area contributed by atoms with Crippen LogP contribution in [0.25, 0.3) is 11.3 Å². The Morgan fingerprint density at radius 2 is 2.16 bits per heavy atom. The number of aromatic nitrogens is 2. The molecule has 0 unspecified atom stereocenters. The Morgan fingerprint density at radius 3 is 2.84 bits per heavy atom. The predicted molar refractivity (Wildman–Crippen MR) is 98.5 cm³/mol. The number of pyridine rings is 2. The second kappa shape index (κ2) is 7.45. The molecule has 1 fully saturated rings. The maximum Gasteiger partial charge on any atom is 0.237 e. The van der Waals surface area contributed by atoms with E-state index in [9.17, 15) is 4.79 Å². The average Bonchev–Trinajstić information content (AvgIpc) is 3.01. The zero-order chi connectivity index (χ0) is 18.0. The molecule has 3 rings (SSSR count). The van der Waals surface area contributed by atoms with E-state index in [-0.39, 0.29) is 17.1 Å². The zero-order valence-corrected chi connectivity index (χ0v) is 15.4. The molecular weight excluding hydrogens is 363 g/mol. The van der Waals surface area contributed by atoms with E-state index in [0.717, 1.165) is 12.1 Å². The lowest BCUT2D eigenvalue weighted by Gasteiger charge is -2.24. The lowest BCUT2D eigenvalue weighted by molar-refractivity contribution is -0.119. The Bertz CT molecular complexity index is 800. The third-order valence-electron chi connectivity index (χ3n) is 4.15. The molecule has 2 aromatic rings. The number of hydrogen-bond acceptors (Lipinski definition) is 5. The van der Waals surface area contributed by atoms with Gasteiger partial charge < -0.3 is 15.0 Å². The van der Waals surface area contributed by atoms with Crippen molar-refractivity contribution < 1.29 is 9.53 Å². The number of carbonyl (C=O) groups excluding carboxylic acids is 1. The first-order chi connectivity index (χ1) is 12.0. The van der Waals surface area contributed by atoms with Gasteiger partial charge in [-0.3, -0.25) is 4.79 Å². The zero-order valence-electron chi connectivity index (χ0n) is 13.9. The maximum absolute atomic E-state index is 11.4. The van der Waals surface area contributed by atoms with Gasteiger partial charge in [-0.15, -0.1) is 0 Å². The average molecular weight is 381 g/mol. The number of rotatable bonds is 5. The van der Waals surface area contributed by atoms with Crippen molar-refractivity contribution in [2.24, 2.45) is 0 Å². The Hall–Kier alpha value is -2.05. The van der Waals surface area contributed by atoms with Crippen molar-refractivity contribution in [3.05, 3.63) is 34.6 Å². The fraction of sp³-hybridized carbons (Fsp3) is 0.353. The number of hydrogen-bond donors (Lipinski definition) is 1. The van der Waals surface area contributed by atoms with Crippen LogP contribution in [0.4, 0.5) is 5.69 Å². The van der Waals surface area contributed by atoms with Crippen LogP contribution in [0.1, 0.15) is 12.8 Å². The molecule has 0 radical (unpaired) electrons. The summed E-state index contributed by atoms with van der Waals surface area (Å²) in [4.78, 5) is 21.9. The monoisotopic (exact) mass is 380 g/mol. The van der Waals surface area contributed by atoms with Crippen LogP contribution in [0.2, 0.25) is 10.2 Å². The minimum Gasteiger partial charge on any atom is -0.480 e. The molecule has 1 aliphatic heterocycles. The molecule has 1 saturated heterocycles. The second-order valence-electron chi connectivity index (χ2n) is 5.87. The van der Waals surface area contributed by atoms with E-state index in [2.05, 4.69) is 15.3 Å². The molecule has 0 aliphatic carbocycles. The molecule has 1 N–H and O–H groups in total. The largest absolute Gasteiger partial charge is 0.480 e. The molecule has 1 atom stereocenters. The summed E-state index contributed by atoms with van der Waals surface area (Å²) in [5.41, 5.74) is 2.18. The summed E-state index contributed by atoms with van der Waals surface area (Å²) in [6.07, 6.45) is 3.00. The number of anilines is 1. The van der Waals surface area contributed by atoms with Crippen molar-refractivity contribution in [1.29, 1.82) is 0 Å². The maximum atomic E-state index is 11.4. The molecule has 0 spiro atoms. The molecule has 2 aromatic heterocycles. The Balaban J connectivity index is 1.86. The van der Waals surface area contributed by atoms with Gasteiger partial charge in [-0.2, -0.15) is 0 Å².